The quantitative estimate of drug-likeness (QED) is 0.830. The van der Waals surface area contributed by atoms with Crippen LogP contribution < -0.4 is 5.56 Å². The Bertz CT molecular complexity index is 424. The smallest absolute Gasteiger partial charge is 0.256 e. The first-order chi connectivity index (χ1) is 7.76. The number of nitrogens with zero attached hydrogens (tertiary/aromatic N) is 1. The highest BCUT2D eigenvalue weighted by atomic mass is 16.5. The lowest BCUT2D eigenvalue weighted by Crippen LogP contribution is -2.26. The maximum Gasteiger partial charge on any atom is 0.256 e. The van der Waals surface area contributed by atoms with E-state index in [1.54, 1.807) is 7.11 Å². The Morgan fingerprint density at radius 3 is 3.12 bits per heavy atom. The van der Waals surface area contributed by atoms with Crippen molar-refractivity contribution in [3.05, 3.63) is 27.4 Å². The molecule has 1 atom stereocenters. The summed E-state index contributed by atoms with van der Waals surface area (Å²) in [6.07, 6.45) is 1.35. The van der Waals surface area contributed by atoms with Crippen molar-refractivity contribution in [3.63, 3.8) is 0 Å². The molecule has 2 rings (SSSR count). The maximum absolute atomic E-state index is 11.8. The van der Waals surface area contributed by atoms with Gasteiger partial charge in [0.1, 0.15) is 11.9 Å². The van der Waals surface area contributed by atoms with Crippen molar-refractivity contribution < 1.29 is 9.47 Å². The number of aromatic amines is 1. The third-order valence-corrected chi connectivity index (χ3v) is 2.81. The summed E-state index contributed by atoms with van der Waals surface area (Å²) in [5.74, 6) is 0.621. The average molecular weight is 224 g/mol. The van der Waals surface area contributed by atoms with E-state index < -0.39 is 0 Å². The first-order valence-corrected chi connectivity index (χ1v) is 5.48. The van der Waals surface area contributed by atoms with Gasteiger partial charge in [0.15, 0.2) is 0 Å². The molecule has 16 heavy (non-hydrogen) atoms. The fourth-order valence-electron chi connectivity index (χ4n) is 1.89. The molecule has 1 aliphatic heterocycles. The lowest BCUT2D eigenvalue weighted by molar-refractivity contribution is 0.0885. The van der Waals surface area contributed by atoms with Crippen LogP contribution in [0.5, 0.6) is 0 Å². The number of nitrogens with one attached hydrogen (secondary N) is 1. The van der Waals surface area contributed by atoms with Gasteiger partial charge >= 0.3 is 0 Å². The molecule has 0 amide bonds. The highest BCUT2D eigenvalue weighted by Crippen LogP contribution is 2.17. The van der Waals surface area contributed by atoms with Gasteiger partial charge in [-0.3, -0.25) is 4.79 Å². The Hall–Kier alpha value is -1.20. The topological polar surface area (TPSA) is 64.2 Å². The second-order valence-electron chi connectivity index (χ2n) is 3.81. The van der Waals surface area contributed by atoms with Crippen LogP contribution in [0.1, 0.15) is 36.5 Å². The number of hydrogen-bond acceptors (Lipinski definition) is 4. The van der Waals surface area contributed by atoms with Crippen molar-refractivity contribution in [2.24, 2.45) is 0 Å². The van der Waals surface area contributed by atoms with E-state index in [1.165, 1.54) is 0 Å². The number of rotatable bonds is 3. The lowest BCUT2D eigenvalue weighted by Gasteiger charge is -2.18. The van der Waals surface area contributed by atoms with Gasteiger partial charge in [-0.05, 0) is 6.42 Å². The van der Waals surface area contributed by atoms with Crippen LogP contribution in [-0.2, 0) is 22.5 Å². The molecule has 0 aromatic carbocycles. The zero-order chi connectivity index (χ0) is 11.5. The van der Waals surface area contributed by atoms with Crippen molar-refractivity contribution in [1.29, 1.82) is 0 Å². The van der Waals surface area contributed by atoms with Crippen molar-refractivity contribution in [1.82, 2.24) is 9.97 Å². The molecular weight excluding hydrogens is 208 g/mol. The Morgan fingerprint density at radius 1 is 1.62 bits per heavy atom. The van der Waals surface area contributed by atoms with Crippen LogP contribution in [0.4, 0.5) is 0 Å². The minimum atomic E-state index is -0.138. The minimum Gasteiger partial charge on any atom is -0.376 e. The molecule has 0 fully saturated rings. The van der Waals surface area contributed by atoms with Crippen LogP contribution in [0, 0.1) is 0 Å². The molecule has 0 radical (unpaired) electrons. The molecule has 0 aliphatic carbocycles. The van der Waals surface area contributed by atoms with Crippen LogP contribution in [0.15, 0.2) is 4.79 Å². The third kappa shape index (κ3) is 2.01. The molecule has 1 aliphatic rings. The summed E-state index contributed by atoms with van der Waals surface area (Å²) in [5, 5.41) is 0. The van der Waals surface area contributed by atoms with E-state index in [9.17, 15) is 4.79 Å². The van der Waals surface area contributed by atoms with Crippen molar-refractivity contribution in [2.75, 3.05) is 13.7 Å². The van der Waals surface area contributed by atoms with Crippen LogP contribution in [-0.4, -0.2) is 23.7 Å². The van der Waals surface area contributed by atoms with Gasteiger partial charge in [-0.25, -0.2) is 4.98 Å². The Balaban J connectivity index is 2.42. The van der Waals surface area contributed by atoms with Crippen LogP contribution >= 0.6 is 0 Å². The summed E-state index contributed by atoms with van der Waals surface area (Å²) in [5.41, 5.74) is 1.40. The number of H-pyrrole nitrogens is 1. The normalized spacial score (nSPS) is 16.9. The number of fused-ring (bicyclic) bond motifs is 1. The van der Waals surface area contributed by atoms with Gasteiger partial charge in [-0.1, -0.05) is 6.92 Å². The first kappa shape index (κ1) is 11.3. The summed E-state index contributed by atoms with van der Waals surface area (Å²) in [7, 11) is 1.62. The molecule has 1 unspecified atom stereocenters. The largest absolute Gasteiger partial charge is 0.376 e. The standard InChI is InChI=1S/C11H16N2O3/c1-3-9(15-2)10-12-8-4-5-16-6-7(8)11(14)13-10/h9H,3-6H2,1-2H3,(H,12,13,14). The predicted octanol–water partition coefficient (Wildman–Crippen LogP) is 0.940. The second-order valence-corrected chi connectivity index (χ2v) is 3.81. The predicted molar refractivity (Wildman–Crippen MR) is 58.3 cm³/mol. The van der Waals surface area contributed by atoms with Gasteiger partial charge in [0.2, 0.25) is 0 Å². The van der Waals surface area contributed by atoms with Gasteiger partial charge in [0.25, 0.3) is 5.56 Å². The van der Waals surface area contributed by atoms with Gasteiger partial charge in [-0.2, -0.15) is 0 Å². The molecule has 5 heteroatoms. The second kappa shape index (κ2) is 4.76. The van der Waals surface area contributed by atoms with E-state index in [-0.39, 0.29) is 11.7 Å². The molecule has 5 nitrogen and oxygen atoms in total. The fraction of sp³-hybridized carbons (Fsp3) is 0.636. The summed E-state index contributed by atoms with van der Waals surface area (Å²) < 4.78 is 10.5. The van der Waals surface area contributed by atoms with E-state index >= 15 is 0 Å². The van der Waals surface area contributed by atoms with E-state index in [1.807, 2.05) is 6.92 Å². The fourth-order valence-corrected chi connectivity index (χ4v) is 1.89. The summed E-state index contributed by atoms with van der Waals surface area (Å²) in [6, 6.07) is 0. The highest BCUT2D eigenvalue weighted by Gasteiger charge is 2.19. The van der Waals surface area contributed by atoms with Gasteiger partial charge in [-0.15, -0.1) is 0 Å². The van der Waals surface area contributed by atoms with Gasteiger partial charge < -0.3 is 14.5 Å². The van der Waals surface area contributed by atoms with Crippen molar-refractivity contribution in [3.8, 4) is 0 Å². The SMILES string of the molecule is CCC(OC)c1nc2c(c(=O)[nH]1)COCC2. The maximum atomic E-state index is 11.8. The Morgan fingerprint density at radius 2 is 2.44 bits per heavy atom. The summed E-state index contributed by atoms with van der Waals surface area (Å²) in [4.78, 5) is 19.0. The first-order valence-electron chi connectivity index (χ1n) is 5.48. The molecular formula is C11H16N2O3. The molecule has 0 saturated carbocycles. The molecule has 0 spiro atoms. The summed E-state index contributed by atoms with van der Waals surface area (Å²) in [6.45, 7) is 2.99. The van der Waals surface area contributed by atoms with Gasteiger partial charge in [0, 0.05) is 13.5 Å². The zero-order valence-corrected chi connectivity index (χ0v) is 9.58. The van der Waals surface area contributed by atoms with Crippen molar-refractivity contribution >= 4 is 0 Å². The molecule has 1 aromatic rings. The van der Waals surface area contributed by atoms with E-state index in [0.29, 0.717) is 31.0 Å². The molecule has 2 heterocycles. The van der Waals surface area contributed by atoms with Crippen LogP contribution in [0.25, 0.3) is 0 Å². The summed E-state index contributed by atoms with van der Waals surface area (Å²) >= 11 is 0. The molecule has 1 aromatic heterocycles. The number of hydrogen-bond donors (Lipinski definition) is 1. The lowest BCUT2D eigenvalue weighted by atomic mass is 10.1. The number of ether oxygens (including phenoxy) is 2. The van der Waals surface area contributed by atoms with Crippen molar-refractivity contribution in [2.45, 2.75) is 32.5 Å². The van der Waals surface area contributed by atoms with Crippen LogP contribution in [0.2, 0.25) is 0 Å². The monoisotopic (exact) mass is 224 g/mol. The minimum absolute atomic E-state index is 0.102. The average Bonchev–Trinajstić information content (AvgIpc) is 2.31. The van der Waals surface area contributed by atoms with E-state index in [0.717, 1.165) is 12.1 Å². The molecule has 88 valence electrons. The Labute approximate surface area is 93.8 Å². The molecule has 1 N–H and O–H groups in total. The third-order valence-electron chi connectivity index (χ3n) is 2.81. The Kier molecular flexibility index (Phi) is 3.36. The number of aromatic nitrogens is 2. The zero-order valence-electron chi connectivity index (χ0n) is 9.58. The molecule has 0 saturated heterocycles. The van der Waals surface area contributed by atoms with Gasteiger partial charge in [0.05, 0.1) is 24.5 Å². The van der Waals surface area contributed by atoms with E-state index in [4.69, 9.17) is 9.47 Å². The van der Waals surface area contributed by atoms with E-state index in [2.05, 4.69) is 9.97 Å². The highest BCUT2D eigenvalue weighted by molar-refractivity contribution is 5.19. The van der Waals surface area contributed by atoms with Crippen LogP contribution in [0.3, 0.4) is 0 Å². The molecule has 0 bridgehead atoms. The number of methoxy groups -OCH3 is 1.